The molecule has 0 aromatic heterocycles. The average Bonchev–Trinajstić information content (AvgIpc) is 3.14. The van der Waals surface area contributed by atoms with Crippen LogP contribution in [0.2, 0.25) is 6.32 Å². The van der Waals surface area contributed by atoms with Crippen molar-refractivity contribution < 1.29 is 24.4 Å². The fourth-order valence-corrected chi connectivity index (χ4v) is 6.90. The molecular formula is C30H33BBrNO5. The first-order chi connectivity index (χ1) is 18.3. The maximum Gasteiger partial charge on any atom is 0.455 e. The Kier molecular flexibility index (Phi) is 7.94. The highest BCUT2D eigenvalue weighted by Crippen LogP contribution is 2.51. The molecule has 0 spiro atoms. The molecule has 8 heteroatoms. The van der Waals surface area contributed by atoms with Crippen LogP contribution in [0, 0.1) is 17.8 Å². The molecule has 0 saturated carbocycles. The second-order valence-corrected chi connectivity index (χ2v) is 11.6. The summed E-state index contributed by atoms with van der Waals surface area (Å²) in [4.78, 5) is 28.4. The van der Waals surface area contributed by atoms with Crippen LogP contribution in [0.25, 0.3) is 6.08 Å². The van der Waals surface area contributed by atoms with Crippen LogP contribution in [0.4, 0.5) is 5.69 Å². The van der Waals surface area contributed by atoms with Gasteiger partial charge in [-0.1, -0.05) is 64.7 Å². The van der Waals surface area contributed by atoms with Crippen molar-refractivity contribution in [2.45, 2.75) is 58.4 Å². The summed E-state index contributed by atoms with van der Waals surface area (Å²) in [5.74, 6) is -1.20. The number of amides is 2. The van der Waals surface area contributed by atoms with E-state index in [-0.39, 0.29) is 29.6 Å². The number of allylic oxidation sites excluding steroid dienone is 2. The van der Waals surface area contributed by atoms with Crippen LogP contribution in [0.15, 0.2) is 69.7 Å². The topological polar surface area (TPSA) is 87.1 Å². The summed E-state index contributed by atoms with van der Waals surface area (Å²) in [7, 11) is -0.985. The zero-order chi connectivity index (χ0) is 27.0. The summed E-state index contributed by atoms with van der Waals surface area (Å²) in [6.07, 6.45) is 5.80. The molecule has 2 fully saturated rings. The van der Waals surface area contributed by atoms with Gasteiger partial charge in [-0.2, -0.15) is 0 Å². The fourth-order valence-electron chi connectivity index (χ4n) is 6.52. The molecule has 5 rings (SSSR count). The number of phenols is 1. The van der Waals surface area contributed by atoms with E-state index in [1.807, 2.05) is 43.3 Å². The normalized spacial score (nSPS) is 25.6. The van der Waals surface area contributed by atoms with Crippen molar-refractivity contribution in [2.24, 2.45) is 17.8 Å². The second-order valence-electron chi connectivity index (χ2n) is 10.6. The van der Waals surface area contributed by atoms with Crippen molar-refractivity contribution in [2.75, 3.05) is 4.90 Å². The Balaban J connectivity index is 1.40. The molecule has 4 atom stereocenters. The van der Waals surface area contributed by atoms with Gasteiger partial charge in [0.2, 0.25) is 11.8 Å². The van der Waals surface area contributed by atoms with Crippen molar-refractivity contribution in [1.82, 2.24) is 0 Å². The van der Waals surface area contributed by atoms with Gasteiger partial charge in [0, 0.05) is 10.0 Å². The van der Waals surface area contributed by atoms with E-state index in [1.54, 1.807) is 18.2 Å². The van der Waals surface area contributed by atoms with Crippen LogP contribution in [0.1, 0.15) is 51.5 Å². The Labute approximate surface area is 232 Å². The van der Waals surface area contributed by atoms with Crippen LogP contribution in [0.3, 0.4) is 0 Å². The molecule has 6 nitrogen and oxygen atoms in total. The lowest BCUT2D eigenvalue weighted by molar-refractivity contribution is -0.122. The fraction of sp³-hybridized carbons (Fsp3) is 0.400. The number of hydrogen-bond acceptors (Lipinski definition) is 5. The molecule has 38 heavy (non-hydrogen) atoms. The van der Waals surface area contributed by atoms with Gasteiger partial charge in [-0.15, -0.1) is 0 Å². The van der Waals surface area contributed by atoms with Gasteiger partial charge in [-0.05, 0) is 80.8 Å². The lowest BCUT2D eigenvalue weighted by Crippen LogP contribution is -2.46. The lowest BCUT2D eigenvalue weighted by Gasteiger charge is -2.42. The maximum atomic E-state index is 13.7. The number of nitrogens with zero attached hydrogens (tertiary/aromatic N) is 1. The summed E-state index contributed by atoms with van der Waals surface area (Å²) < 4.78 is 6.97. The van der Waals surface area contributed by atoms with Gasteiger partial charge in [0.1, 0.15) is 5.75 Å². The van der Waals surface area contributed by atoms with E-state index in [9.17, 15) is 19.7 Å². The van der Waals surface area contributed by atoms with Gasteiger partial charge in [-0.3, -0.25) is 14.5 Å². The zero-order valence-electron chi connectivity index (χ0n) is 21.8. The molecule has 2 aliphatic heterocycles. The van der Waals surface area contributed by atoms with E-state index >= 15 is 0 Å². The summed E-state index contributed by atoms with van der Waals surface area (Å²) in [5, 5.41) is 21.1. The molecule has 2 amide bonds. The summed E-state index contributed by atoms with van der Waals surface area (Å²) in [5.41, 5.74) is 4.72. The van der Waals surface area contributed by atoms with Gasteiger partial charge < -0.3 is 14.8 Å². The number of phenolic OH excluding ortho intramolecular Hbond substituents is 1. The molecule has 1 aliphatic carbocycles. The summed E-state index contributed by atoms with van der Waals surface area (Å²) >= 11 is 3.48. The van der Waals surface area contributed by atoms with Crippen molar-refractivity contribution >= 4 is 46.6 Å². The minimum atomic E-state index is -0.985. The Morgan fingerprint density at radius 1 is 1.13 bits per heavy atom. The van der Waals surface area contributed by atoms with E-state index in [2.05, 4.69) is 22.9 Å². The minimum absolute atomic E-state index is 0.149. The number of carbonyl (C=O) groups excluding carboxylic acids is 2. The average molecular weight is 578 g/mol. The Bertz CT molecular complexity index is 1290. The van der Waals surface area contributed by atoms with Crippen molar-refractivity contribution in [1.29, 1.82) is 0 Å². The van der Waals surface area contributed by atoms with Gasteiger partial charge in [0.15, 0.2) is 0 Å². The third-order valence-electron chi connectivity index (χ3n) is 8.11. The van der Waals surface area contributed by atoms with Gasteiger partial charge >= 0.3 is 7.12 Å². The Morgan fingerprint density at radius 3 is 2.63 bits per heavy atom. The first kappa shape index (κ1) is 26.9. The molecule has 2 aromatic rings. The van der Waals surface area contributed by atoms with Gasteiger partial charge in [0.25, 0.3) is 0 Å². The number of hydrogen-bond donors (Lipinski definition) is 2. The number of rotatable bonds is 7. The molecule has 2 N–H and O–H groups in total. The van der Waals surface area contributed by atoms with Crippen LogP contribution >= 0.6 is 15.9 Å². The third-order valence-corrected chi connectivity index (χ3v) is 8.61. The molecule has 2 aromatic carbocycles. The molecular weight excluding hydrogens is 545 g/mol. The highest BCUT2D eigenvalue weighted by Gasteiger charge is 2.57. The van der Waals surface area contributed by atoms with E-state index in [1.165, 1.54) is 10.5 Å². The maximum absolute atomic E-state index is 13.7. The number of carbonyl (C=O) groups is 2. The van der Waals surface area contributed by atoms with E-state index in [4.69, 9.17) is 4.65 Å². The van der Waals surface area contributed by atoms with Crippen LogP contribution in [-0.4, -0.2) is 35.2 Å². The predicted molar refractivity (Wildman–Crippen MR) is 152 cm³/mol. The van der Waals surface area contributed by atoms with Gasteiger partial charge in [-0.25, -0.2) is 0 Å². The number of anilines is 1. The summed E-state index contributed by atoms with van der Waals surface area (Å²) in [6.45, 7) is 4.17. The largest absolute Gasteiger partial charge is 0.507 e. The molecule has 2 heterocycles. The van der Waals surface area contributed by atoms with Crippen LogP contribution in [0.5, 0.6) is 5.75 Å². The van der Waals surface area contributed by atoms with E-state index in [0.29, 0.717) is 24.8 Å². The summed E-state index contributed by atoms with van der Waals surface area (Å²) in [6, 6.07) is 14.5. The molecule has 198 valence electrons. The molecule has 0 unspecified atom stereocenters. The van der Waals surface area contributed by atoms with E-state index < -0.39 is 19.0 Å². The van der Waals surface area contributed by atoms with Gasteiger partial charge in [0.05, 0.1) is 23.6 Å². The highest BCUT2D eigenvalue weighted by molar-refractivity contribution is 9.10. The zero-order valence-corrected chi connectivity index (χ0v) is 23.4. The lowest BCUT2D eigenvalue weighted by atomic mass is 9.58. The first-order valence-electron chi connectivity index (χ1n) is 13.4. The van der Waals surface area contributed by atoms with Crippen molar-refractivity contribution in [3.05, 3.63) is 75.3 Å². The monoisotopic (exact) mass is 577 g/mol. The van der Waals surface area contributed by atoms with Crippen LogP contribution < -0.4 is 4.90 Å². The molecule has 2 saturated heterocycles. The number of fused-ring (bicyclic) bond motifs is 3. The number of imide groups is 1. The highest BCUT2D eigenvalue weighted by atomic mass is 79.9. The molecule has 0 radical (unpaired) electrons. The standard InChI is InChI=1S/C30H33BBrNO5/c1-3-7-19(15-20-16-21(32)11-12-25(20)34)10-13-26-27-18(2)14-23-28(24(27)17-31(37)38-26)30(36)33(29(23)35)22-8-5-4-6-9-22/h4-6,8-9,11-12,15-16,23-24,26,28,34,37H,3,7,10,13-14,17H2,1-2H3/b19-15+/t23-,24+,26-,28-/m1/s1. The number of aromatic hydroxyl groups is 1. The van der Waals surface area contributed by atoms with E-state index in [0.717, 1.165) is 40.4 Å². The minimum Gasteiger partial charge on any atom is -0.507 e. The van der Waals surface area contributed by atoms with Crippen LogP contribution in [-0.2, 0) is 14.2 Å². The first-order valence-corrected chi connectivity index (χ1v) is 14.2. The Morgan fingerprint density at radius 2 is 1.89 bits per heavy atom. The number of para-hydroxylation sites is 1. The predicted octanol–water partition coefficient (Wildman–Crippen LogP) is 6.14. The van der Waals surface area contributed by atoms with Crippen molar-refractivity contribution in [3.8, 4) is 5.75 Å². The SMILES string of the molecule is CCC/C(=C\c1cc(Br)ccc1O)CC[C@H]1OB(O)C[C@H]2C1=C(C)C[C@H]1C(=O)N(c3ccccc3)C(=O)[C@H]12. The molecule has 3 aliphatic rings. The number of benzene rings is 2. The third kappa shape index (κ3) is 5.14. The second kappa shape index (κ2) is 11.2. The van der Waals surface area contributed by atoms with Crippen molar-refractivity contribution in [3.63, 3.8) is 0 Å². The molecule has 0 bridgehead atoms. The smallest absolute Gasteiger partial charge is 0.455 e. The quantitative estimate of drug-likeness (QED) is 0.234. The number of halogens is 1. The Hall–Kier alpha value is -2.68.